The van der Waals surface area contributed by atoms with Gasteiger partial charge in [0.25, 0.3) is 0 Å². The van der Waals surface area contributed by atoms with Crippen molar-refractivity contribution in [3.8, 4) is 0 Å². The molecule has 0 unspecified atom stereocenters. The molecule has 0 radical (unpaired) electrons. The van der Waals surface area contributed by atoms with Crippen LogP contribution in [0.1, 0.15) is 30.0 Å². The molecule has 4 nitrogen and oxygen atoms in total. The van der Waals surface area contributed by atoms with E-state index in [1.54, 1.807) is 0 Å². The molecule has 1 N–H and O–H groups in total. The number of hydrogen-bond donors (Lipinski definition) is 1. The summed E-state index contributed by atoms with van der Waals surface area (Å²) in [4.78, 5) is 25.9. The number of hydrogen-bond acceptors (Lipinski definition) is 2. The molecule has 0 spiro atoms. The maximum absolute atomic E-state index is 12.9. The van der Waals surface area contributed by atoms with E-state index < -0.39 is 17.7 Å². The fourth-order valence-electron chi connectivity index (χ4n) is 3.21. The summed E-state index contributed by atoms with van der Waals surface area (Å²) >= 11 is 0. The van der Waals surface area contributed by atoms with E-state index in [0.717, 1.165) is 24.1 Å². The Balaban J connectivity index is 1.62. The van der Waals surface area contributed by atoms with Crippen molar-refractivity contribution < 1.29 is 22.8 Å². The van der Waals surface area contributed by atoms with Crippen molar-refractivity contribution >= 4 is 17.5 Å². The third-order valence-electron chi connectivity index (χ3n) is 4.88. The van der Waals surface area contributed by atoms with E-state index in [1.165, 1.54) is 22.6 Å². The highest BCUT2D eigenvalue weighted by Crippen LogP contribution is 2.33. The predicted octanol–water partition coefficient (Wildman–Crippen LogP) is 3.94. The molecule has 3 rings (SSSR count). The van der Waals surface area contributed by atoms with Gasteiger partial charge in [-0.05, 0) is 35.7 Å². The lowest BCUT2D eigenvalue weighted by molar-refractivity contribution is -0.137. The van der Waals surface area contributed by atoms with Crippen LogP contribution in [0.15, 0.2) is 48.5 Å². The van der Waals surface area contributed by atoms with Crippen molar-refractivity contribution in [2.24, 2.45) is 5.92 Å². The van der Waals surface area contributed by atoms with Gasteiger partial charge in [-0.25, -0.2) is 0 Å². The van der Waals surface area contributed by atoms with E-state index >= 15 is 0 Å². The number of alkyl halides is 3. The number of aryl methyl sites for hydroxylation is 1. The van der Waals surface area contributed by atoms with E-state index in [1.807, 2.05) is 24.3 Å². The Hall–Kier alpha value is -2.83. The molecule has 1 aliphatic rings. The molecule has 2 amide bonds. The molecule has 1 fully saturated rings. The van der Waals surface area contributed by atoms with Gasteiger partial charge in [-0.1, -0.05) is 37.3 Å². The van der Waals surface area contributed by atoms with Gasteiger partial charge in [-0.15, -0.1) is 0 Å². The van der Waals surface area contributed by atoms with Crippen LogP contribution in [0, 0.1) is 5.92 Å². The highest BCUT2D eigenvalue weighted by Gasteiger charge is 2.36. The zero-order valence-electron chi connectivity index (χ0n) is 15.4. The first-order valence-corrected chi connectivity index (χ1v) is 9.11. The molecule has 0 aromatic heterocycles. The van der Waals surface area contributed by atoms with Gasteiger partial charge in [0.2, 0.25) is 11.8 Å². The van der Waals surface area contributed by atoms with Crippen LogP contribution in [0.2, 0.25) is 0 Å². The zero-order chi connectivity index (χ0) is 20.3. The smallest absolute Gasteiger partial charge is 0.352 e. The fraction of sp³-hybridized carbons (Fsp3) is 0.333. The molecule has 2 aromatic carbocycles. The molecule has 1 atom stereocenters. The summed E-state index contributed by atoms with van der Waals surface area (Å²) in [7, 11) is 0. The summed E-state index contributed by atoms with van der Waals surface area (Å²) in [6, 6.07) is 12.5. The first kappa shape index (κ1) is 19.9. The van der Waals surface area contributed by atoms with Crippen LogP contribution in [0.4, 0.5) is 18.9 Å². The molecule has 1 saturated heterocycles. The predicted molar refractivity (Wildman–Crippen MR) is 99.6 cm³/mol. The molecule has 0 bridgehead atoms. The quantitative estimate of drug-likeness (QED) is 0.841. The molecular weight excluding hydrogens is 369 g/mol. The summed E-state index contributed by atoms with van der Waals surface area (Å²) in [5.74, 6) is -1.22. The Labute approximate surface area is 161 Å². The third kappa shape index (κ3) is 4.52. The average molecular weight is 390 g/mol. The molecule has 148 valence electrons. The second-order valence-corrected chi connectivity index (χ2v) is 6.84. The average Bonchev–Trinajstić information content (AvgIpc) is 3.08. The summed E-state index contributed by atoms with van der Waals surface area (Å²) < 4.78 is 38.7. The highest BCUT2D eigenvalue weighted by atomic mass is 19.4. The number of rotatable bonds is 5. The molecule has 2 aromatic rings. The number of carbonyl (C=O) groups excluding carboxylic acids is 2. The van der Waals surface area contributed by atoms with Crippen LogP contribution in [0.25, 0.3) is 0 Å². The van der Waals surface area contributed by atoms with Gasteiger partial charge >= 0.3 is 6.18 Å². The van der Waals surface area contributed by atoms with Crippen LogP contribution in [-0.2, 0) is 28.7 Å². The van der Waals surface area contributed by atoms with Gasteiger partial charge < -0.3 is 10.2 Å². The molecule has 7 heteroatoms. The highest BCUT2D eigenvalue weighted by molar-refractivity contribution is 6.00. The minimum Gasteiger partial charge on any atom is -0.352 e. The van der Waals surface area contributed by atoms with Crippen molar-refractivity contribution in [3.05, 3.63) is 65.2 Å². The lowest BCUT2D eigenvalue weighted by Gasteiger charge is -2.18. The SMILES string of the molecule is CCc1ccc(CNC(=O)[C@H]2CC(=O)N(c3cccc(C(F)(F)F)c3)C2)cc1. The zero-order valence-corrected chi connectivity index (χ0v) is 15.4. The summed E-state index contributed by atoms with van der Waals surface area (Å²) in [6.45, 7) is 2.47. The molecular formula is C21H21F3N2O2. The Bertz CT molecular complexity index is 863. The number of benzene rings is 2. The van der Waals surface area contributed by atoms with E-state index in [9.17, 15) is 22.8 Å². The Morgan fingerprint density at radius 1 is 1.14 bits per heavy atom. The largest absolute Gasteiger partial charge is 0.416 e. The standard InChI is InChI=1S/C21H21F3N2O2/c1-2-14-6-8-15(9-7-14)12-25-20(28)16-10-19(27)26(13-16)18-5-3-4-17(11-18)21(22,23)24/h3-9,11,16H,2,10,12-13H2,1H3,(H,25,28)/t16-/m0/s1. The van der Waals surface area contributed by atoms with Gasteiger partial charge in [0, 0.05) is 25.2 Å². The lowest BCUT2D eigenvalue weighted by atomic mass is 10.1. The topological polar surface area (TPSA) is 49.4 Å². The van der Waals surface area contributed by atoms with Crippen LogP contribution >= 0.6 is 0 Å². The number of anilines is 1. The lowest BCUT2D eigenvalue weighted by Crippen LogP contribution is -2.32. The van der Waals surface area contributed by atoms with Crippen LogP contribution in [-0.4, -0.2) is 18.4 Å². The van der Waals surface area contributed by atoms with E-state index in [0.29, 0.717) is 6.54 Å². The Morgan fingerprint density at radius 3 is 2.46 bits per heavy atom. The summed E-state index contributed by atoms with van der Waals surface area (Å²) in [6.07, 6.45) is -3.57. The second kappa shape index (κ2) is 8.04. The third-order valence-corrected chi connectivity index (χ3v) is 4.88. The van der Waals surface area contributed by atoms with Crippen molar-refractivity contribution in [1.82, 2.24) is 5.32 Å². The second-order valence-electron chi connectivity index (χ2n) is 6.84. The summed E-state index contributed by atoms with van der Waals surface area (Å²) in [5.41, 5.74) is 1.49. The molecule has 1 aliphatic heterocycles. The van der Waals surface area contributed by atoms with Gasteiger partial charge in [0.1, 0.15) is 0 Å². The van der Waals surface area contributed by atoms with Crippen molar-refractivity contribution in [3.63, 3.8) is 0 Å². The van der Waals surface area contributed by atoms with E-state index in [-0.39, 0.29) is 30.5 Å². The van der Waals surface area contributed by atoms with Crippen LogP contribution < -0.4 is 10.2 Å². The Kier molecular flexibility index (Phi) is 5.72. The van der Waals surface area contributed by atoms with Crippen molar-refractivity contribution in [2.75, 3.05) is 11.4 Å². The first-order chi connectivity index (χ1) is 13.3. The monoisotopic (exact) mass is 390 g/mol. The minimum atomic E-state index is -4.48. The fourth-order valence-corrected chi connectivity index (χ4v) is 3.21. The van der Waals surface area contributed by atoms with Gasteiger partial charge in [-0.3, -0.25) is 9.59 Å². The normalized spacial score (nSPS) is 17.1. The van der Waals surface area contributed by atoms with E-state index in [2.05, 4.69) is 12.2 Å². The van der Waals surface area contributed by atoms with Gasteiger partial charge in [0.05, 0.1) is 11.5 Å². The van der Waals surface area contributed by atoms with E-state index in [4.69, 9.17) is 0 Å². The molecule has 28 heavy (non-hydrogen) atoms. The number of halogens is 3. The molecule has 0 aliphatic carbocycles. The Morgan fingerprint density at radius 2 is 1.82 bits per heavy atom. The first-order valence-electron chi connectivity index (χ1n) is 9.11. The van der Waals surface area contributed by atoms with Crippen molar-refractivity contribution in [1.29, 1.82) is 0 Å². The van der Waals surface area contributed by atoms with Gasteiger partial charge in [0.15, 0.2) is 0 Å². The molecule has 1 heterocycles. The van der Waals surface area contributed by atoms with Crippen LogP contribution in [0.5, 0.6) is 0 Å². The summed E-state index contributed by atoms with van der Waals surface area (Å²) in [5, 5.41) is 2.81. The number of amides is 2. The maximum atomic E-state index is 12.9. The number of nitrogens with zero attached hydrogens (tertiary/aromatic N) is 1. The maximum Gasteiger partial charge on any atom is 0.416 e. The van der Waals surface area contributed by atoms with Crippen LogP contribution in [0.3, 0.4) is 0 Å². The number of carbonyl (C=O) groups is 2. The molecule has 0 saturated carbocycles. The van der Waals surface area contributed by atoms with Gasteiger partial charge in [-0.2, -0.15) is 13.2 Å². The van der Waals surface area contributed by atoms with Crippen molar-refractivity contribution in [2.45, 2.75) is 32.5 Å². The minimum absolute atomic E-state index is 0.0170. The number of nitrogens with one attached hydrogen (secondary N) is 1.